The van der Waals surface area contributed by atoms with Crippen LogP contribution in [0.2, 0.25) is 0 Å². The summed E-state index contributed by atoms with van der Waals surface area (Å²) in [5.74, 6) is -0.708. The number of rotatable bonds is 5. The summed E-state index contributed by atoms with van der Waals surface area (Å²) in [4.78, 5) is 37.0. The average molecular weight is 307 g/mol. The van der Waals surface area contributed by atoms with Crippen LogP contribution >= 0.6 is 0 Å². The second kappa shape index (κ2) is 6.17. The lowest BCUT2D eigenvalue weighted by Crippen LogP contribution is -2.34. The Kier molecular flexibility index (Phi) is 4.48. The smallest absolute Gasteiger partial charge is 0.276 e. The van der Waals surface area contributed by atoms with Crippen LogP contribution in [0.15, 0.2) is 0 Å². The van der Waals surface area contributed by atoms with Crippen LogP contribution in [-0.2, 0) is 16.6 Å². The quantitative estimate of drug-likeness (QED) is 0.793. The first-order valence-electron chi connectivity index (χ1n) is 7.14. The number of nitrogens with zero attached hydrogens (tertiary/aromatic N) is 3. The molecule has 0 bridgehead atoms. The predicted octanol–water partition coefficient (Wildman–Crippen LogP) is -0.105. The monoisotopic (exact) mass is 307 g/mol. The average Bonchev–Trinajstić information content (AvgIpc) is 3.27. The van der Waals surface area contributed by atoms with E-state index < -0.39 is 0 Å². The topological polar surface area (TPSA) is 96.3 Å². The van der Waals surface area contributed by atoms with Gasteiger partial charge in [0.1, 0.15) is 0 Å². The van der Waals surface area contributed by atoms with Crippen LogP contribution in [-0.4, -0.2) is 53.0 Å². The van der Waals surface area contributed by atoms with Crippen molar-refractivity contribution in [2.45, 2.75) is 19.8 Å². The molecule has 0 spiro atoms. The van der Waals surface area contributed by atoms with Gasteiger partial charge in [-0.1, -0.05) is 0 Å². The molecule has 8 heteroatoms. The Hall–Kier alpha value is -2.38. The Bertz CT molecular complexity index is 616. The highest BCUT2D eigenvalue weighted by Gasteiger charge is 2.30. The van der Waals surface area contributed by atoms with Crippen LogP contribution in [0, 0.1) is 12.8 Å². The van der Waals surface area contributed by atoms with E-state index >= 15 is 0 Å². The van der Waals surface area contributed by atoms with Gasteiger partial charge in [-0.15, -0.1) is 0 Å². The minimum absolute atomic E-state index is 0.0545. The summed E-state index contributed by atoms with van der Waals surface area (Å²) in [5, 5.41) is 9.40. The zero-order valence-corrected chi connectivity index (χ0v) is 13.3. The van der Waals surface area contributed by atoms with E-state index in [2.05, 4.69) is 15.7 Å². The normalized spacial score (nSPS) is 13.6. The van der Waals surface area contributed by atoms with E-state index in [1.165, 1.54) is 9.58 Å². The molecule has 0 aromatic carbocycles. The maximum Gasteiger partial charge on any atom is 0.276 e. The van der Waals surface area contributed by atoms with E-state index in [1.807, 2.05) is 0 Å². The van der Waals surface area contributed by atoms with Gasteiger partial charge < -0.3 is 15.5 Å². The zero-order valence-electron chi connectivity index (χ0n) is 13.3. The summed E-state index contributed by atoms with van der Waals surface area (Å²) in [5.41, 5.74) is 1.24. The molecule has 0 unspecified atom stereocenters. The maximum atomic E-state index is 12.1. The molecule has 1 aromatic heterocycles. The highest BCUT2D eigenvalue weighted by atomic mass is 16.2. The van der Waals surface area contributed by atoms with Gasteiger partial charge in [-0.2, -0.15) is 5.10 Å². The fourth-order valence-corrected chi connectivity index (χ4v) is 1.96. The van der Waals surface area contributed by atoms with E-state index in [0.717, 1.165) is 12.8 Å². The molecule has 120 valence electrons. The van der Waals surface area contributed by atoms with Gasteiger partial charge in [-0.05, 0) is 19.8 Å². The van der Waals surface area contributed by atoms with E-state index in [-0.39, 0.29) is 35.9 Å². The highest BCUT2D eigenvalue weighted by molar-refractivity contribution is 6.03. The van der Waals surface area contributed by atoms with Crippen LogP contribution in [0.3, 0.4) is 0 Å². The second-order valence-corrected chi connectivity index (χ2v) is 5.67. The van der Waals surface area contributed by atoms with Crippen LogP contribution in [0.25, 0.3) is 0 Å². The molecule has 1 saturated carbocycles. The summed E-state index contributed by atoms with van der Waals surface area (Å²) in [6.07, 6.45) is 1.77. The van der Waals surface area contributed by atoms with Crippen molar-refractivity contribution in [1.82, 2.24) is 20.0 Å². The second-order valence-electron chi connectivity index (χ2n) is 5.67. The third-order valence-corrected chi connectivity index (χ3v) is 3.58. The Balaban J connectivity index is 2.05. The largest absolute Gasteiger partial charge is 0.347 e. The first-order chi connectivity index (χ1) is 10.3. The van der Waals surface area contributed by atoms with Crippen molar-refractivity contribution in [2.75, 3.05) is 26.0 Å². The van der Waals surface area contributed by atoms with E-state index in [4.69, 9.17) is 0 Å². The van der Waals surface area contributed by atoms with Gasteiger partial charge in [0.15, 0.2) is 5.69 Å². The van der Waals surface area contributed by atoms with Gasteiger partial charge in [0.25, 0.3) is 5.91 Å². The molecule has 1 aliphatic rings. The first-order valence-corrected chi connectivity index (χ1v) is 7.14. The van der Waals surface area contributed by atoms with Crippen LogP contribution < -0.4 is 10.6 Å². The molecule has 2 N–H and O–H groups in total. The van der Waals surface area contributed by atoms with Crippen molar-refractivity contribution in [3.05, 3.63) is 11.4 Å². The van der Waals surface area contributed by atoms with Crippen LogP contribution in [0.1, 0.15) is 29.0 Å². The fraction of sp³-hybridized carbons (Fsp3) is 0.571. The maximum absolute atomic E-state index is 12.1. The third kappa shape index (κ3) is 3.44. The number of aromatic nitrogens is 2. The molecule has 2 rings (SSSR count). The molecule has 1 heterocycles. The Morgan fingerprint density at radius 1 is 1.32 bits per heavy atom. The van der Waals surface area contributed by atoms with Crippen molar-refractivity contribution in [3.8, 4) is 0 Å². The van der Waals surface area contributed by atoms with Gasteiger partial charge in [0, 0.05) is 27.1 Å². The molecule has 0 saturated heterocycles. The number of anilines is 1. The molecular weight excluding hydrogens is 286 g/mol. The fourth-order valence-electron chi connectivity index (χ4n) is 1.96. The molecular formula is C14H21N5O3. The third-order valence-electron chi connectivity index (χ3n) is 3.58. The number of hydrogen-bond donors (Lipinski definition) is 2. The first kappa shape index (κ1) is 16.0. The zero-order chi connectivity index (χ0) is 16.4. The summed E-state index contributed by atoms with van der Waals surface area (Å²) in [6.45, 7) is 1.65. The van der Waals surface area contributed by atoms with Crippen molar-refractivity contribution in [1.29, 1.82) is 0 Å². The minimum atomic E-state index is -0.377. The molecule has 3 amide bonds. The van der Waals surface area contributed by atoms with Gasteiger partial charge >= 0.3 is 0 Å². The molecule has 1 aliphatic carbocycles. The molecule has 0 aliphatic heterocycles. The number of carbonyl (C=O) groups excluding carboxylic acids is 3. The highest BCUT2D eigenvalue weighted by Crippen LogP contribution is 2.28. The summed E-state index contributed by atoms with van der Waals surface area (Å²) in [6, 6.07) is 0. The predicted molar refractivity (Wildman–Crippen MR) is 80.3 cm³/mol. The lowest BCUT2D eigenvalue weighted by molar-refractivity contribution is -0.125. The van der Waals surface area contributed by atoms with Gasteiger partial charge in [0.2, 0.25) is 11.8 Å². The van der Waals surface area contributed by atoms with E-state index in [1.54, 1.807) is 28.1 Å². The summed E-state index contributed by atoms with van der Waals surface area (Å²) < 4.78 is 1.54. The molecule has 8 nitrogen and oxygen atoms in total. The molecule has 0 atom stereocenters. The van der Waals surface area contributed by atoms with Gasteiger partial charge in [-0.3, -0.25) is 19.1 Å². The summed E-state index contributed by atoms with van der Waals surface area (Å²) in [7, 11) is 4.94. The lowest BCUT2D eigenvalue weighted by atomic mass is 10.2. The molecule has 22 heavy (non-hydrogen) atoms. The Morgan fingerprint density at radius 3 is 2.50 bits per heavy atom. The van der Waals surface area contributed by atoms with Crippen molar-refractivity contribution in [3.63, 3.8) is 0 Å². The van der Waals surface area contributed by atoms with E-state index in [0.29, 0.717) is 11.4 Å². The number of amides is 3. The lowest BCUT2D eigenvalue weighted by Gasteiger charge is -2.11. The summed E-state index contributed by atoms with van der Waals surface area (Å²) >= 11 is 0. The van der Waals surface area contributed by atoms with Crippen LogP contribution in [0.5, 0.6) is 0 Å². The molecule has 1 fully saturated rings. The van der Waals surface area contributed by atoms with Gasteiger partial charge in [-0.25, -0.2) is 0 Å². The van der Waals surface area contributed by atoms with E-state index in [9.17, 15) is 14.4 Å². The van der Waals surface area contributed by atoms with Gasteiger partial charge in [0.05, 0.1) is 17.9 Å². The molecule has 1 aromatic rings. The molecule has 0 radical (unpaired) electrons. The minimum Gasteiger partial charge on any atom is -0.347 e. The number of aryl methyl sites for hydroxylation is 1. The van der Waals surface area contributed by atoms with Crippen molar-refractivity contribution >= 4 is 23.4 Å². The Morgan fingerprint density at radius 2 is 1.95 bits per heavy atom. The number of nitrogens with one attached hydrogen (secondary N) is 2. The van der Waals surface area contributed by atoms with Crippen molar-refractivity contribution < 1.29 is 14.4 Å². The van der Waals surface area contributed by atoms with Crippen molar-refractivity contribution in [2.24, 2.45) is 13.0 Å². The standard InChI is InChI=1S/C14H21N5O3/c1-8-11(12(17-19(8)4)14(22)18(2)3)16-10(20)7-15-13(21)9-5-6-9/h9H,5-7H2,1-4H3,(H,15,21)(H,16,20). The number of hydrogen-bond acceptors (Lipinski definition) is 4. The van der Waals surface area contributed by atoms with Crippen LogP contribution in [0.4, 0.5) is 5.69 Å². The SMILES string of the molecule is Cc1c(NC(=O)CNC(=O)C2CC2)c(C(=O)N(C)C)nn1C. The number of carbonyl (C=O) groups is 3. The Labute approximate surface area is 128 Å².